The van der Waals surface area contributed by atoms with Crippen LogP contribution in [0.3, 0.4) is 0 Å². The Morgan fingerprint density at radius 2 is 1.94 bits per heavy atom. The number of carbonyl (C=O) groups is 1. The molecule has 2 aromatic heterocycles. The maximum Gasteiger partial charge on any atom is 0.404 e. The second-order valence-corrected chi connectivity index (χ2v) is 7.40. The Bertz CT molecular complexity index is 1130. The average Bonchev–Trinajstić information content (AvgIpc) is 3.50. The number of nitrogens with zero attached hydrogens (tertiary/aromatic N) is 4. The lowest BCUT2D eigenvalue weighted by Crippen LogP contribution is -2.27. The van der Waals surface area contributed by atoms with E-state index in [4.69, 9.17) is 19.8 Å². The number of nitriles is 1. The fourth-order valence-electron chi connectivity index (χ4n) is 3.04. The summed E-state index contributed by atoms with van der Waals surface area (Å²) in [7, 11) is 3.19. The van der Waals surface area contributed by atoms with Crippen LogP contribution in [0, 0.1) is 11.3 Å². The van der Waals surface area contributed by atoms with E-state index in [0.717, 1.165) is 29.9 Å². The van der Waals surface area contributed by atoms with E-state index < -0.39 is 6.09 Å². The molecule has 1 saturated carbocycles. The second kappa shape index (κ2) is 9.34. The van der Waals surface area contributed by atoms with Gasteiger partial charge in [0.05, 0.1) is 25.5 Å². The Morgan fingerprint density at radius 3 is 2.45 bits per heavy atom. The summed E-state index contributed by atoms with van der Waals surface area (Å²) >= 11 is 0. The minimum absolute atomic E-state index is 0.0255. The summed E-state index contributed by atoms with van der Waals surface area (Å²) in [5.74, 6) is 2.56. The highest BCUT2D eigenvalue weighted by molar-refractivity contribution is 5.69. The standard InChI is InChI=1S/C18H16N4O2.C4H9NO2/c1-23-15-8-7-14(12-5-6-13(10-19)16(9-12)24-2)22-18(15)20-17(21-22)11-3-4-11;1-3(2)5-4(6)7/h5-9,11H,3-4H2,1-2H3;3,5H,1-2H3,(H,6,7). The van der Waals surface area contributed by atoms with E-state index in [1.165, 1.54) is 0 Å². The smallest absolute Gasteiger partial charge is 0.404 e. The van der Waals surface area contributed by atoms with E-state index in [1.807, 2.05) is 28.8 Å². The van der Waals surface area contributed by atoms with Crippen molar-refractivity contribution in [1.82, 2.24) is 19.9 Å². The quantitative estimate of drug-likeness (QED) is 0.639. The lowest BCUT2D eigenvalue weighted by Gasteiger charge is -2.09. The molecule has 0 saturated heterocycles. The van der Waals surface area contributed by atoms with Crippen LogP contribution < -0.4 is 14.8 Å². The van der Waals surface area contributed by atoms with Crippen LogP contribution in [0.5, 0.6) is 11.5 Å². The van der Waals surface area contributed by atoms with Gasteiger partial charge in [-0.1, -0.05) is 6.07 Å². The minimum atomic E-state index is -0.963. The molecule has 2 N–H and O–H groups in total. The second-order valence-electron chi connectivity index (χ2n) is 7.40. The van der Waals surface area contributed by atoms with E-state index in [1.54, 1.807) is 34.1 Å². The van der Waals surface area contributed by atoms with Gasteiger partial charge in [0.2, 0.25) is 0 Å². The molecule has 4 rings (SSSR count). The summed E-state index contributed by atoms with van der Waals surface area (Å²) in [5.41, 5.74) is 3.00. The van der Waals surface area contributed by atoms with Crippen molar-refractivity contribution in [3.8, 4) is 28.8 Å². The number of hydrogen-bond donors (Lipinski definition) is 2. The lowest BCUT2D eigenvalue weighted by atomic mass is 10.1. The summed E-state index contributed by atoms with van der Waals surface area (Å²) in [6.07, 6.45) is 1.31. The molecule has 0 aliphatic heterocycles. The Hall–Kier alpha value is -3.80. The van der Waals surface area contributed by atoms with Gasteiger partial charge in [-0.2, -0.15) is 10.4 Å². The third-order valence-electron chi connectivity index (χ3n) is 4.66. The Kier molecular flexibility index (Phi) is 6.60. The zero-order valence-corrected chi connectivity index (χ0v) is 17.9. The normalized spacial score (nSPS) is 12.6. The number of benzene rings is 1. The topological polar surface area (TPSA) is 122 Å². The first-order chi connectivity index (χ1) is 14.9. The highest BCUT2D eigenvalue weighted by atomic mass is 16.5. The number of methoxy groups -OCH3 is 2. The number of rotatable bonds is 5. The van der Waals surface area contributed by atoms with Gasteiger partial charge in [0.15, 0.2) is 17.2 Å². The van der Waals surface area contributed by atoms with Crippen molar-refractivity contribution < 1.29 is 19.4 Å². The van der Waals surface area contributed by atoms with Crippen LogP contribution in [0.25, 0.3) is 16.9 Å². The van der Waals surface area contributed by atoms with Gasteiger partial charge in [-0.05, 0) is 51.0 Å². The average molecular weight is 423 g/mol. The molecule has 9 nitrogen and oxygen atoms in total. The van der Waals surface area contributed by atoms with Gasteiger partial charge in [0.25, 0.3) is 0 Å². The van der Waals surface area contributed by atoms with Crippen LogP contribution in [0.2, 0.25) is 0 Å². The molecule has 2 heterocycles. The first-order valence-electron chi connectivity index (χ1n) is 9.89. The minimum Gasteiger partial charge on any atom is -0.495 e. The molecule has 1 fully saturated rings. The van der Waals surface area contributed by atoms with Crippen molar-refractivity contribution in [2.45, 2.75) is 38.6 Å². The zero-order valence-electron chi connectivity index (χ0n) is 17.9. The van der Waals surface area contributed by atoms with Crippen LogP contribution in [0.15, 0.2) is 30.3 Å². The van der Waals surface area contributed by atoms with Gasteiger partial charge in [-0.3, -0.25) is 0 Å². The van der Waals surface area contributed by atoms with E-state index >= 15 is 0 Å². The van der Waals surface area contributed by atoms with E-state index in [9.17, 15) is 4.79 Å². The maximum atomic E-state index is 9.70. The molecule has 162 valence electrons. The predicted octanol–water partition coefficient (Wildman–Crippen LogP) is 3.82. The zero-order chi connectivity index (χ0) is 22.5. The molecule has 3 aromatic rings. The van der Waals surface area contributed by atoms with Crippen LogP contribution >= 0.6 is 0 Å². The van der Waals surface area contributed by atoms with Crippen LogP contribution in [-0.4, -0.2) is 46.1 Å². The number of pyridine rings is 1. The van der Waals surface area contributed by atoms with Crippen molar-refractivity contribution in [2.75, 3.05) is 14.2 Å². The molecular formula is C22H25N5O4. The summed E-state index contributed by atoms with van der Waals surface area (Å²) in [6, 6.07) is 11.5. The first-order valence-corrected chi connectivity index (χ1v) is 9.89. The van der Waals surface area contributed by atoms with E-state index in [-0.39, 0.29) is 6.04 Å². The van der Waals surface area contributed by atoms with Gasteiger partial charge in [0.1, 0.15) is 11.8 Å². The summed E-state index contributed by atoms with van der Waals surface area (Å²) in [4.78, 5) is 14.3. The molecule has 1 aliphatic rings. The summed E-state index contributed by atoms with van der Waals surface area (Å²) < 4.78 is 12.6. The number of aromatic nitrogens is 3. The molecule has 1 aliphatic carbocycles. The molecular weight excluding hydrogens is 398 g/mol. The largest absolute Gasteiger partial charge is 0.495 e. The van der Waals surface area contributed by atoms with Gasteiger partial charge >= 0.3 is 6.09 Å². The highest BCUT2D eigenvalue weighted by Crippen LogP contribution is 2.39. The van der Waals surface area contributed by atoms with Crippen molar-refractivity contribution in [2.24, 2.45) is 0 Å². The fourth-order valence-corrected chi connectivity index (χ4v) is 3.04. The van der Waals surface area contributed by atoms with Crippen molar-refractivity contribution in [1.29, 1.82) is 5.26 Å². The fraction of sp³-hybridized carbons (Fsp3) is 0.364. The number of carboxylic acid groups (broad SMARTS) is 1. The predicted molar refractivity (Wildman–Crippen MR) is 115 cm³/mol. The van der Waals surface area contributed by atoms with Crippen LogP contribution in [0.1, 0.15) is 44.0 Å². The Labute approximate surface area is 180 Å². The Morgan fingerprint density at radius 1 is 1.23 bits per heavy atom. The van der Waals surface area contributed by atoms with Gasteiger partial charge in [0, 0.05) is 17.5 Å². The lowest BCUT2D eigenvalue weighted by molar-refractivity contribution is 0.191. The Balaban J connectivity index is 0.000000339. The van der Waals surface area contributed by atoms with Gasteiger partial charge in [-0.25, -0.2) is 14.3 Å². The summed E-state index contributed by atoms with van der Waals surface area (Å²) in [6.45, 7) is 3.54. The first kappa shape index (κ1) is 21.9. The number of fused-ring (bicyclic) bond motifs is 1. The van der Waals surface area contributed by atoms with Crippen molar-refractivity contribution in [3.63, 3.8) is 0 Å². The third kappa shape index (κ3) is 5.04. The van der Waals surface area contributed by atoms with E-state index in [0.29, 0.717) is 28.6 Å². The third-order valence-corrected chi connectivity index (χ3v) is 4.66. The van der Waals surface area contributed by atoms with Gasteiger partial charge in [-0.15, -0.1) is 0 Å². The SMILES string of the molecule is CC(C)NC(=O)O.COc1cc(-c2ccc(OC)c3nc(C4CC4)nn23)ccc1C#N. The molecule has 1 aromatic carbocycles. The number of nitrogens with one attached hydrogen (secondary N) is 1. The molecule has 0 atom stereocenters. The van der Waals surface area contributed by atoms with Crippen LogP contribution in [0.4, 0.5) is 4.79 Å². The summed E-state index contributed by atoms with van der Waals surface area (Å²) in [5, 5.41) is 24.0. The molecule has 1 amide bonds. The molecule has 9 heteroatoms. The monoisotopic (exact) mass is 423 g/mol. The number of hydrogen-bond acceptors (Lipinski definition) is 6. The van der Waals surface area contributed by atoms with Crippen molar-refractivity contribution in [3.05, 3.63) is 41.7 Å². The van der Waals surface area contributed by atoms with Gasteiger partial charge < -0.3 is 19.9 Å². The highest BCUT2D eigenvalue weighted by Gasteiger charge is 2.29. The molecule has 0 spiro atoms. The molecule has 0 unspecified atom stereocenters. The molecule has 0 bridgehead atoms. The number of amides is 1. The van der Waals surface area contributed by atoms with E-state index in [2.05, 4.69) is 21.5 Å². The molecule has 0 radical (unpaired) electrons. The van der Waals surface area contributed by atoms with Crippen LogP contribution in [-0.2, 0) is 0 Å². The maximum absolute atomic E-state index is 9.70. The number of ether oxygens (including phenoxy) is 2. The molecule has 31 heavy (non-hydrogen) atoms. The van der Waals surface area contributed by atoms with Crippen molar-refractivity contribution >= 4 is 11.7 Å².